The highest BCUT2D eigenvalue weighted by Crippen LogP contribution is 2.23. The summed E-state index contributed by atoms with van der Waals surface area (Å²) in [6.45, 7) is 4.29. The Hall–Kier alpha value is -1.22. The zero-order valence-corrected chi connectivity index (χ0v) is 9.58. The lowest BCUT2D eigenvalue weighted by atomic mass is 10.0. The number of hydrogen-bond donors (Lipinski definition) is 2. The minimum Gasteiger partial charge on any atom is -0.495 e. The molecule has 0 radical (unpaired) electrons. The monoisotopic (exact) mass is 209 g/mol. The molecule has 0 spiro atoms. The Balaban J connectivity index is 2.65. The lowest BCUT2D eigenvalue weighted by Crippen LogP contribution is -2.32. The van der Waals surface area contributed by atoms with E-state index < -0.39 is 5.60 Å². The average molecular weight is 209 g/mol. The Morgan fingerprint density at radius 3 is 2.67 bits per heavy atom. The fourth-order valence-electron chi connectivity index (χ4n) is 1.20. The maximum Gasteiger partial charge on any atom is 0.141 e. The Labute approximate surface area is 91.1 Å². The Morgan fingerprint density at radius 1 is 1.40 bits per heavy atom. The van der Waals surface area contributed by atoms with Gasteiger partial charge in [0.05, 0.1) is 18.4 Å². The fourth-order valence-corrected chi connectivity index (χ4v) is 1.20. The van der Waals surface area contributed by atoms with Crippen LogP contribution in [0.5, 0.6) is 5.75 Å². The molecule has 0 aliphatic carbocycles. The van der Waals surface area contributed by atoms with Crippen LogP contribution in [0.3, 0.4) is 0 Å². The maximum absolute atomic E-state index is 9.84. The molecule has 0 amide bonds. The van der Waals surface area contributed by atoms with E-state index in [0.717, 1.165) is 17.9 Å². The highest BCUT2D eigenvalue weighted by Gasteiger charge is 2.17. The first kappa shape index (κ1) is 11.9. The number of ether oxygens (including phenoxy) is 1. The van der Waals surface area contributed by atoms with Crippen LogP contribution >= 0.6 is 0 Å². The van der Waals surface area contributed by atoms with Crippen molar-refractivity contribution in [1.82, 2.24) is 0 Å². The van der Waals surface area contributed by atoms with Gasteiger partial charge in [-0.1, -0.05) is 19.1 Å². The molecule has 84 valence electrons. The number of nitrogens with one attached hydrogen (secondary N) is 1. The molecule has 0 heterocycles. The summed E-state index contributed by atoms with van der Waals surface area (Å²) in [6, 6.07) is 7.68. The number of anilines is 1. The van der Waals surface area contributed by atoms with Gasteiger partial charge >= 0.3 is 0 Å². The summed E-state index contributed by atoms with van der Waals surface area (Å²) in [5, 5.41) is 13.0. The minimum atomic E-state index is -0.680. The van der Waals surface area contributed by atoms with Gasteiger partial charge in [-0.2, -0.15) is 0 Å². The van der Waals surface area contributed by atoms with Gasteiger partial charge in [0.15, 0.2) is 0 Å². The zero-order chi connectivity index (χ0) is 11.3. The number of hydrogen-bond acceptors (Lipinski definition) is 3. The molecule has 3 heteroatoms. The van der Waals surface area contributed by atoms with Gasteiger partial charge in [-0.05, 0) is 25.5 Å². The van der Waals surface area contributed by atoms with Crippen LogP contribution in [0.2, 0.25) is 0 Å². The van der Waals surface area contributed by atoms with Gasteiger partial charge in [0.2, 0.25) is 0 Å². The van der Waals surface area contributed by atoms with E-state index in [4.69, 9.17) is 4.74 Å². The topological polar surface area (TPSA) is 41.5 Å². The van der Waals surface area contributed by atoms with Gasteiger partial charge in [0.1, 0.15) is 5.75 Å². The molecule has 2 N–H and O–H groups in total. The number of para-hydroxylation sites is 2. The van der Waals surface area contributed by atoms with Crippen molar-refractivity contribution in [1.29, 1.82) is 0 Å². The molecule has 0 fully saturated rings. The van der Waals surface area contributed by atoms with E-state index in [2.05, 4.69) is 5.32 Å². The lowest BCUT2D eigenvalue weighted by molar-refractivity contribution is 0.0697. The normalized spacial score (nSPS) is 14.4. The molecule has 0 saturated carbocycles. The summed E-state index contributed by atoms with van der Waals surface area (Å²) < 4.78 is 5.20. The minimum absolute atomic E-state index is 0.518. The molecule has 1 rings (SSSR count). The highest BCUT2D eigenvalue weighted by atomic mass is 16.5. The van der Waals surface area contributed by atoms with Crippen molar-refractivity contribution < 1.29 is 9.84 Å². The molecule has 1 aromatic rings. The van der Waals surface area contributed by atoms with Crippen LogP contribution in [0.4, 0.5) is 5.69 Å². The van der Waals surface area contributed by atoms with E-state index in [0.29, 0.717) is 6.54 Å². The number of rotatable bonds is 5. The molecular weight excluding hydrogens is 190 g/mol. The predicted molar refractivity (Wildman–Crippen MR) is 62.4 cm³/mol. The second kappa shape index (κ2) is 5.03. The molecule has 0 aliphatic heterocycles. The lowest BCUT2D eigenvalue weighted by Gasteiger charge is -2.22. The van der Waals surface area contributed by atoms with Gasteiger partial charge in [-0.15, -0.1) is 0 Å². The smallest absolute Gasteiger partial charge is 0.141 e. The zero-order valence-electron chi connectivity index (χ0n) is 9.58. The van der Waals surface area contributed by atoms with E-state index in [1.54, 1.807) is 7.11 Å². The van der Waals surface area contributed by atoms with Crippen LogP contribution in [0.1, 0.15) is 20.3 Å². The Bertz CT molecular complexity index is 310. The van der Waals surface area contributed by atoms with Crippen LogP contribution in [-0.4, -0.2) is 24.4 Å². The second-order valence-corrected chi connectivity index (χ2v) is 3.90. The molecule has 1 aromatic carbocycles. The first-order chi connectivity index (χ1) is 7.09. The summed E-state index contributed by atoms with van der Waals surface area (Å²) in [6.07, 6.45) is 0.717. The third-order valence-corrected chi connectivity index (χ3v) is 2.53. The number of aliphatic hydroxyl groups is 1. The average Bonchev–Trinajstić information content (AvgIpc) is 2.27. The molecule has 3 nitrogen and oxygen atoms in total. The summed E-state index contributed by atoms with van der Waals surface area (Å²) in [5.41, 5.74) is 0.231. The van der Waals surface area contributed by atoms with E-state index in [9.17, 15) is 5.11 Å². The van der Waals surface area contributed by atoms with E-state index in [1.807, 2.05) is 38.1 Å². The molecule has 1 unspecified atom stereocenters. The Kier molecular flexibility index (Phi) is 3.97. The van der Waals surface area contributed by atoms with Crippen molar-refractivity contribution in [2.45, 2.75) is 25.9 Å². The molecule has 0 saturated heterocycles. The third kappa shape index (κ3) is 3.44. The molecular formula is C12H19NO2. The Morgan fingerprint density at radius 2 is 2.07 bits per heavy atom. The first-order valence-corrected chi connectivity index (χ1v) is 5.18. The van der Waals surface area contributed by atoms with Crippen molar-refractivity contribution in [3.8, 4) is 5.75 Å². The van der Waals surface area contributed by atoms with Crippen LogP contribution in [0.25, 0.3) is 0 Å². The van der Waals surface area contributed by atoms with Crippen molar-refractivity contribution in [2.24, 2.45) is 0 Å². The number of methoxy groups -OCH3 is 1. The van der Waals surface area contributed by atoms with E-state index in [-0.39, 0.29) is 0 Å². The maximum atomic E-state index is 9.84. The summed E-state index contributed by atoms with van der Waals surface area (Å²) >= 11 is 0. The highest BCUT2D eigenvalue weighted by molar-refractivity contribution is 5.56. The van der Waals surface area contributed by atoms with Crippen molar-refractivity contribution in [3.05, 3.63) is 24.3 Å². The second-order valence-electron chi connectivity index (χ2n) is 3.90. The van der Waals surface area contributed by atoms with Crippen LogP contribution in [0, 0.1) is 0 Å². The van der Waals surface area contributed by atoms with Crippen LogP contribution in [-0.2, 0) is 0 Å². The molecule has 1 atom stereocenters. The third-order valence-electron chi connectivity index (χ3n) is 2.53. The SMILES string of the molecule is CCC(C)(O)CNc1ccccc1OC. The summed E-state index contributed by atoms with van der Waals surface area (Å²) in [7, 11) is 1.64. The van der Waals surface area contributed by atoms with Gasteiger partial charge in [0, 0.05) is 6.54 Å². The standard InChI is InChI=1S/C12H19NO2/c1-4-12(2,14)9-13-10-7-5-6-8-11(10)15-3/h5-8,13-14H,4,9H2,1-3H3. The predicted octanol–water partition coefficient (Wildman–Crippen LogP) is 2.27. The van der Waals surface area contributed by atoms with E-state index >= 15 is 0 Å². The van der Waals surface area contributed by atoms with Gasteiger partial charge in [-0.3, -0.25) is 0 Å². The van der Waals surface area contributed by atoms with Crippen molar-refractivity contribution in [2.75, 3.05) is 19.0 Å². The van der Waals surface area contributed by atoms with Crippen molar-refractivity contribution in [3.63, 3.8) is 0 Å². The molecule has 15 heavy (non-hydrogen) atoms. The summed E-state index contributed by atoms with van der Waals surface area (Å²) in [4.78, 5) is 0. The van der Waals surface area contributed by atoms with Gasteiger partial charge in [-0.25, -0.2) is 0 Å². The summed E-state index contributed by atoms with van der Waals surface area (Å²) in [5.74, 6) is 0.796. The quantitative estimate of drug-likeness (QED) is 0.781. The van der Waals surface area contributed by atoms with E-state index in [1.165, 1.54) is 0 Å². The first-order valence-electron chi connectivity index (χ1n) is 5.18. The molecule has 0 aliphatic rings. The molecule has 0 aromatic heterocycles. The van der Waals surface area contributed by atoms with Gasteiger partial charge in [0.25, 0.3) is 0 Å². The molecule has 0 bridgehead atoms. The largest absolute Gasteiger partial charge is 0.495 e. The van der Waals surface area contributed by atoms with Crippen LogP contribution < -0.4 is 10.1 Å². The van der Waals surface area contributed by atoms with Crippen LogP contribution in [0.15, 0.2) is 24.3 Å². The van der Waals surface area contributed by atoms with Gasteiger partial charge < -0.3 is 15.2 Å². The fraction of sp³-hybridized carbons (Fsp3) is 0.500. The van der Waals surface area contributed by atoms with Crippen molar-refractivity contribution >= 4 is 5.69 Å². The number of benzene rings is 1.